The van der Waals surface area contributed by atoms with Crippen LogP contribution < -0.4 is 17.0 Å². The van der Waals surface area contributed by atoms with Crippen molar-refractivity contribution in [3.05, 3.63) is 94.3 Å². The Morgan fingerprint density at radius 1 is 0.973 bits per heavy atom. The highest BCUT2D eigenvalue weighted by atomic mass is 16.2. The van der Waals surface area contributed by atoms with Crippen LogP contribution in [0, 0.1) is 0 Å². The van der Waals surface area contributed by atoms with Crippen molar-refractivity contribution in [2.75, 3.05) is 5.73 Å². The Balaban J connectivity index is 1.32. The van der Waals surface area contributed by atoms with E-state index in [1.807, 2.05) is 35.0 Å². The Morgan fingerprint density at radius 3 is 2.43 bits per heavy atom. The number of rotatable bonds is 5. The van der Waals surface area contributed by atoms with Gasteiger partial charge in [0.25, 0.3) is 11.5 Å². The normalized spacial score (nSPS) is 16.8. The van der Waals surface area contributed by atoms with Crippen LogP contribution >= 0.6 is 0 Å². The van der Waals surface area contributed by atoms with Crippen molar-refractivity contribution in [1.29, 1.82) is 0 Å². The number of para-hydroxylation sites is 1. The smallest absolute Gasteiger partial charge is 0.284 e. The van der Waals surface area contributed by atoms with Crippen LogP contribution in [0.4, 0.5) is 5.82 Å². The van der Waals surface area contributed by atoms with Crippen molar-refractivity contribution < 1.29 is 4.79 Å². The number of primary amides is 1. The van der Waals surface area contributed by atoms with E-state index >= 15 is 0 Å². The lowest BCUT2D eigenvalue weighted by molar-refractivity contribution is 0.0998. The van der Waals surface area contributed by atoms with Gasteiger partial charge in [0, 0.05) is 30.3 Å². The average molecular weight is 492 g/mol. The maximum absolute atomic E-state index is 13.3. The maximum atomic E-state index is 13.3. The summed E-state index contributed by atoms with van der Waals surface area (Å²) in [6.45, 7) is 0.613. The number of nitrogens with two attached hydrogens (primary N) is 2. The Kier molecular flexibility index (Phi) is 4.63. The first kappa shape index (κ1) is 21.6. The molecule has 3 aromatic heterocycles. The van der Waals surface area contributed by atoms with E-state index in [9.17, 15) is 9.59 Å². The number of carbonyl (C=O) groups is 1. The van der Waals surface area contributed by atoms with E-state index in [-0.39, 0.29) is 17.0 Å². The molecule has 2 aromatic carbocycles. The molecule has 37 heavy (non-hydrogen) atoms. The van der Waals surface area contributed by atoms with Gasteiger partial charge in [0.1, 0.15) is 23.4 Å². The molecule has 0 saturated heterocycles. The van der Waals surface area contributed by atoms with Crippen LogP contribution in [0.15, 0.2) is 71.9 Å². The summed E-state index contributed by atoms with van der Waals surface area (Å²) >= 11 is 0. The number of fused-ring (bicyclic) bond motifs is 2. The molecule has 7 rings (SSSR count). The highest BCUT2D eigenvalue weighted by Gasteiger charge is 2.35. The van der Waals surface area contributed by atoms with E-state index in [4.69, 9.17) is 11.5 Å². The predicted octanol–water partition coefficient (Wildman–Crippen LogP) is 3.60. The van der Waals surface area contributed by atoms with Gasteiger partial charge in [-0.05, 0) is 42.5 Å². The van der Waals surface area contributed by atoms with Gasteiger partial charge in [-0.25, -0.2) is 14.6 Å². The number of benzene rings is 2. The lowest BCUT2D eigenvalue weighted by Crippen LogP contribution is -2.26. The lowest BCUT2D eigenvalue weighted by atomic mass is 9.91. The van der Waals surface area contributed by atoms with Gasteiger partial charge in [0.15, 0.2) is 0 Å². The summed E-state index contributed by atoms with van der Waals surface area (Å²) in [4.78, 5) is 34.5. The van der Waals surface area contributed by atoms with Crippen LogP contribution in [0.5, 0.6) is 0 Å². The van der Waals surface area contributed by atoms with E-state index < -0.39 is 5.91 Å². The molecule has 1 unspecified atom stereocenters. The van der Waals surface area contributed by atoms with Crippen molar-refractivity contribution in [2.45, 2.75) is 37.8 Å². The summed E-state index contributed by atoms with van der Waals surface area (Å²) in [5.74, 6) is -0.345. The van der Waals surface area contributed by atoms with Crippen LogP contribution in [0.3, 0.4) is 0 Å². The third-order valence-electron chi connectivity index (χ3n) is 7.59. The minimum Gasteiger partial charge on any atom is -0.383 e. The Hall–Kier alpha value is -4.66. The number of carbonyl (C=O) groups excluding carboxylic acids is 1. The molecule has 1 saturated carbocycles. The first-order valence-corrected chi connectivity index (χ1v) is 12.4. The predicted molar refractivity (Wildman–Crippen MR) is 141 cm³/mol. The molecule has 5 aromatic rings. The summed E-state index contributed by atoms with van der Waals surface area (Å²) in [6, 6.07) is 18.0. The van der Waals surface area contributed by atoms with Gasteiger partial charge in [-0.1, -0.05) is 42.5 Å². The number of hydrogen-bond acceptors (Lipinski definition) is 5. The van der Waals surface area contributed by atoms with Crippen molar-refractivity contribution in [1.82, 2.24) is 23.9 Å². The van der Waals surface area contributed by atoms with Gasteiger partial charge >= 0.3 is 0 Å². The van der Waals surface area contributed by atoms with Crippen LogP contribution in [-0.2, 0) is 6.54 Å². The third kappa shape index (κ3) is 3.23. The SMILES string of the molecule is NC(=O)c1c2n(n(-c3ccccc3)c1=O)CCC2c1ccc(-c2cn(C3CC3)c3ncnc(N)c23)cc1. The zero-order chi connectivity index (χ0) is 25.3. The Morgan fingerprint density at radius 2 is 1.73 bits per heavy atom. The van der Waals surface area contributed by atoms with Crippen LogP contribution in [0.1, 0.15) is 52.8 Å². The van der Waals surface area contributed by atoms with E-state index in [2.05, 4.69) is 45.0 Å². The molecule has 1 amide bonds. The molecule has 1 fully saturated rings. The number of amides is 1. The monoisotopic (exact) mass is 491 g/mol. The summed E-state index contributed by atoms with van der Waals surface area (Å²) < 4.78 is 5.68. The first-order valence-electron chi connectivity index (χ1n) is 12.4. The zero-order valence-electron chi connectivity index (χ0n) is 20.0. The van der Waals surface area contributed by atoms with Gasteiger partial charge in [-0.3, -0.25) is 14.3 Å². The number of nitrogens with zero attached hydrogens (tertiary/aromatic N) is 5. The fourth-order valence-electron chi connectivity index (χ4n) is 5.76. The summed E-state index contributed by atoms with van der Waals surface area (Å²) in [5.41, 5.74) is 17.0. The molecule has 4 heterocycles. The van der Waals surface area contributed by atoms with Crippen LogP contribution in [0.25, 0.3) is 27.8 Å². The van der Waals surface area contributed by atoms with E-state index in [1.165, 1.54) is 6.33 Å². The molecule has 9 nitrogen and oxygen atoms in total. The summed E-state index contributed by atoms with van der Waals surface area (Å²) in [7, 11) is 0. The minimum absolute atomic E-state index is 0.0628. The lowest BCUT2D eigenvalue weighted by Gasteiger charge is -2.12. The van der Waals surface area contributed by atoms with Gasteiger partial charge in [0.05, 0.1) is 16.8 Å². The van der Waals surface area contributed by atoms with Crippen LogP contribution in [0.2, 0.25) is 0 Å². The second kappa shape index (κ2) is 7.92. The van der Waals surface area contributed by atoms with Gasteiger partial charge in [0.2, 0.25) is 0 Å². The largest absolute Gasteiger partial charge is 0.383 e. The molecule has 0 spiro atoms. The molecule has 1 atom stereocenters. The van der Waals surface area contributed by atoms with Crippen molar-refractivity contribution in [3.8, 4) is 16.8 Å². The number of hydrogen-bond donors (Lipinski definition) is 2. The Bertz CT molecular complexity index is 1740. The molecule has 9 heteroatoms. The number of nitrogen functional groups attached to an aromatic ring is 1. The van der Waals surface area contributed by atoms with Crippen LogP contribution in [-0.4, -0.2) is 29.8 Å². The molecular formula is C28H25N7O2. The molecule has 184 valence electrons. The molecule has 0 bridgehead atoms. The fraction of sp³-hybridized carbons (Fsp3) is 0.214. The fourth-order valence-corrected chi connectivity index (χ4v) is 5.76. The molecule has 1 aliphatic carbocycles. The molecule has 0 radical (unpaired) electrons. The van der Waals surface area contributed by atoms with E-state index in [1.54, 1.807) is 4.68 Å². The highest BCUT2D eigenvalue weighted by Crippen LogP contribution is 2.42. The quantitative estimate of drug-likeness (QED) is 0.388. The van der Waals surface area contributed by atoms with E-state index in [0.717, 1.165) is 47.0 Å². The topological polar surface area (TPSA) is 127 Å². The zero-order valence-corrected chi connectivity index (χ0v) is 20.0. The van der Waals surface area contributed by atoms with Gasteiger partial charge in [-0.15, -0.1) is 0 Å². The average Bonchev–Trinajstić information content (AvgIpc) is 3.44. The third-order valence-corrected chi connectivity index (χ3v) is 7.59. The molecule has 1 aliphatic heterocycles. The number of aromatic nitrogens is 5. The second-order valence-electron chi connectivity index (χ2n) is 9.80. The molecule has 2 aliphatic rings. The Labute approximate surface area is 212 Å². The summed E-state index contributed by atoms with van der Waals surface area (Å²) in [6.07, 6.45) is 6.69. The minimum atomic E-state index is -0.699. The van der Waals surface area contributed by atoms with Gasteiger partial charge < -0.3 is 16.0 Å². The van der Waals surface area contributed by atoms with E-state index in [0.29, 0.717) is 29.8 Å². The second-order valence-corrected chi connectivity index (χ2v) is 9.80. The van der Waals surface area contributed by atoms with Gasteiger partial charge in [-0.2, -0.15) is 0 Å². The maximum Gasteiger partial charge on any atom is 0.284 e. The number of anilines is 1. The van der Waals surface area contributed by atoms with Crippen molar-refractivity contribution in [2.24, 2.45) is 5.73 Å². The summed E-state index contributed by atoms with van der Waals surface area (Å²) in [5, 5.41) is 0.868. The standard InChI is InChI=1S/C28H25N7O2/c29-25-22-21(14-33(18-10-11-18)27(22)32-15-31-25)17-8-6-16(7-9-17)20-12-13-34-24(20)23(26(30)36)28(37)35(34)19-4-2-1-3-5-19/h1-9,14-15,18,20H,10-13H2,(H2,30,36)(H2,29,31,32). The van der Waals surface area contributed by atoms with Crippen molar-refractivity contribution in [3.63, 3.8) is 0 Å². The molecule has 4 N–H and O–H groups in total. The molecular weight excluding hydrogens is 466 g/mol. The highest BCUT2D eigenvalue weighted by molar-refractivity contribution is 6.00. The first-order chi connectivity index (χ1) is 18.0. The van der Waals surface area contributed by atoms with Crippen molar-refractivity contribution >= 4 is 22.8 Å².